The van der Waals surface area contributed by atoms with Crippen molar-refractivity contribution in [3.8, 4) is 0 Å². The van der Waals surface area contributed by atoms with E-state index < -0.39 is 0 Å². The Morgan fingerprint density at radius 2 is 2.53 bits per heavy atom. The number of rotatable bonds is 4. The number of hydrogen-bond acceptors (Lipinski definition) is 3. The van der Waals surface area contributed by atoms with Crippen molar-refractivity contribution in [2.45, 2.75) is 31.8 Å². The fourth-order valence-electron chi connectivity index (χ4n) is 1.99. The van der Waals surface area contributed by atoms with E-state index >= 15 is 0 Å². The summed E-state index contributed by atoms with van der Waals surface area (Å²) in [6, 6.07) is 7.05. The first-order valence-electron chi connectivity index (χ1n) is 5.74. The molecule has 0 aromatic carbocycles. The molecule has 1 aromatic heterocycles. The van der Waals surface area contributed by atoms with E-state index in [1.807, 2.05) is 18.3 Å². The first-order valence-corrected chi connectivity index (χ1v) is 5.74. The van der Waals surface area contributed by atoms with Crippen LogP contribution in [0.2, 0.25) is 0 Å². The molecule has 82 valence electrons. The number of hydrogen-bond donors (Lipinski definition) is 2. The Hall–Kier alpha value is -0.930. The Balaban J connectivity index is 1.79. The molecular weight excluding hydrogens is 186 g/mol. The van der Waals surface area contributed by atoms with E-state index in [0.29, 0.717) is 12.1 Å². The zero-order chi connectivity index (χ0) is 10.5. The van der Waals surface area contributed by atoms with E-state index in [9.17, 15) is 0 Å². The molecule has 2 N–H and O–H groups in total. The van der Waals surface area contributed by atoms with Gasteiger partial charge in [0.25, 0.3) is 0 Å². The van der Waals surface area contributed by atoms with Gasteiger partial charge < -0.3 is 10.6 Å². The van der Waals surface area contributed by atoms with Gasteiger partial charge in [0.15, 0.2) is 0 Å². The summed E-state index contributed by atoms with van der Waals surface area (Å²) in [5, 5.41) is 7.00. The smallest absolute Gasteiger partial charge is 0.0570 e. The van der Waals surface area contributed by atoms with Crippen LogP contribution in [0, 0.1) is 0 Å². The second-order valence-corrected chi connectivity index (χ2v) is 4.18. The molecule has 0 bridgehead atoms. The van der Waals surface area contributed by atoms with E-state index in [2.05, 4.69) is 28.6 Å². The highest BCUT2D eigenvalue weighted by molar-refractivity contribution is 5.07. The molecule has 3 heteroatoms. The van der Waals surface area contributed by atoms with Crippen molar-refractivity contribution in [1.82, 2.24) is 15.6 Å². The van der Waals surface area contributed by atoms with E-state index in [4.69, 9.17) is 0 Å². The third kappa shape index (κ3) is 3.01. The summed E-state index contributed by atoms with van der Waals surface area (Å²) in [4.78, 5) is 4.34. The number of nitrogens with zero attached hydrogens (tertiary/aromatic N) is 1. The maximum atomic E-state index is 4.34. The first kappa shape index (κ1) is 10.6. The molecule has 1 aliphatic heterocycles. The average molecular weight is 205 g/mol. The maximum absolute atomic E-state index is 4.34. The highest BCUT2D eigenvalue weighted by atomic mass is 15.0. The van der Waals surface area contributed by atoms with E-state index in [1.54, 1.807) is 0 Å². The molecule has 1 aromatic rings. The van der Waals surface area contributed by atoms with E-state index in [0.717, 1.165) is 12.2 Å². The first-order chi connectivity index (χ1) is 7.36. The maximum Gasteiger partial charge on any atom is 0.0570 e. The monoisotopic (exact) mass is 205 g/mol. The van der Waals surface area contributed by atoms with Crippen LogP contribution in [-0.2, 0) is 0 Å². The van der Waals surface area contributed by atoms with Crippen molar-refractivity contribution in [3.63, 3.8) is 0 Å². The van der Waals surface area contributed by atoms with Crippen LogP contribution in [0.15, 0.2) is 24.4 Å². The quantitative estimate of drug-likeness (QED) is 0.782. The molecular formula is C12H19N3. The molecule has 3 nitrogen and oxygen atoms in total. The van der Waals surface area contributed by atoms with Crippen molar-refractivity contribution in [2.75, 3.05) is 13.1 Å². The standard InChI is InChI=1S/C12H19N3/c1-10(12-6-2-3-7-14-12)15-9-11-5-4-8-13-11/h2-3,6-7,10-11,13,15H,4-5,8-9H2,1H3/t10-,11-/m0/s1. The Kier molecular flexibility index (Phi) is 3.69. The van der Waals surface area contributed by atoms with Gasteiger partial charge in [-0.1, -0.05) is 6.07 Å². The molecule has 0 saturated carbocycles. The molecule has 1 fully saturated rings. The van der Waals surface area contributed by atoms with Crippen molar-refractivity contribution in [1.29, 1.82) is 0 Å². The van der Waals surface area contributed by atoms with Crippen molar-refractivity contribution < 1.29 is 0 Å². The van der Waals surface area contributed by atoms with Crippen molar-refractivity contribution in [3.05, 3.63) is 30.1 Å². The Labute approximate surface area is 91.3 Å². The Bertz CT molecular complexity index is 280. The van der Waals surface area contributed by atoms with Gasteiger partial charge in [0, 0.05) is 24.8 Å². The minimum atomic E-state index is 0.341. The molecule has 0 radical (unpaired) electrons. The lowest BCUT2D eigenvalue weighted by molar-refractivity contribution is 0.484. The molecule has 0 aliphatic carbocycles. The van der Waals surface area contributed by atoms with Crippen LogP contribution >= 0.6 is 0 Å². The zero-order valence-electron chi connectivity index (χ0n) is 9.24. The summed E-state index contributed by atoms with van der Waals surface area (Å²) >= 11 is 0. The highest BCUT2D eigenvalue weighted by Crippen LogP contribution is 2.09. The van der Waals surface area contributed by atoms with Crippen LogP contribution in [0.4, 0.5) is 0 Å². The lowest BCUT2D eigenvalue weighted by Gasteiger charge is -2.16. The van der Waals surface area contributed by atoms with Crippen LogP contribution < -0.4 is 10.6 Å². The lowest BCUT2D eigenvalue weighted by atomic mass is 10.2. The van der Waals surface area contributed by atoms with Crippen LogP contribution in [-0.4, -0.2) is 24.1 Å². The fraction of sp³-hybridized carbons (Fsp3) is 0.583. The third-order valence-corrected chi connectivity index (χ3v) is 2.96. The largest absolute Gasteiger partial charge is 0.313 e. The molecule has 1 aliphatic rings. The molecule has 15 heavy (non-hydrogen) atoms. The van der Waals surface area contributed by atoms with E-state index in [1.165, 1.54) is 19.4 Å². The third-order valence-electron chi connectivity index (χ3n) is 2.96. The van der Waals surface area contributed by atoms with Gasteiger partial charge in [0.05, 0.1) is 5.69 Å². The Morgan fingerprint density at radius 1 is 1.60 bits per heavy atom. The molecule has 1 saturated heterocycles. The average Bonchev–Trinajstić information content (AvgIpc) is 2.80. The summed E-state index contributed by atoms with van der Waals surface area (Å²) in [6.45, 7) is 4.37. The van der Waals surface area contributed by atoms with Crippen molar-refractivity contribution >= 4 is 0 Å². The topological polar surface area (TPSA) is 37.0 Å². The molecule has 0 spiro atoms. The van der Waals surface area contributed by atoms with E-state index in [-0.39, 0.29) is 0 Å². The predicted octanol–water partition coefficient (Wildman–Crippen LogP) is 1.48. The minimum absolute atomic E-state index is 0.341. The molecule has 0 amide bonds. The van der Waals surface area contributed by atoms with Gasteiger partial charge in [0.1, 0.15) is 0 Å². The van der Waals surface area contributed by atoms with Crippen LogP contribution in [0.3, 0.4) is 0 Å². The number of nitrogens with one attached hydrogen (secondary N) is 2. The summed E-state index contributed by atoms with van der Waals surface area (Å²) in [5.74, 6) is 0. The zero-order valence-corrected chi connectivity index (χ0v) is 9.24. The normalized spacial score (nSPS) is 22.9. The van der Waals surface area contributed by atoms with Crippen LogP contribution in [0.1, 0.15) is 31.5 Å². The van der Waals surface area contributed by atoms with Gasteiger partial charge >= 0.3 is 0 Å². The SMILES string of the molecule is C[C@H](NC[C@@H]1CCCN1)c1ccccn1. The summed E-state index contributed by atoms with van der Waals surface area (Å²) in [5.41, 5.74) is 1.12. The summed E-state index contributed by atoms with van der Waals surface area (Å²) in [7, 11) is 0. The summed E-state index contributed by atoms with van der Waals surface area (Å²) < 4.78 is 0. The molecule has 2 heterocycles. The Morgan fingerprint density at radius 3 is 3.20 bits per heavy atom. The van der Waals surface area contributed by atoms with Gasteiger partial charge in [-0.25, -0.2) is 0 Å². The summed E-state index contributed by atoms with van der Waals surface area (Å²) in [6.07, 6.45) is 4.45. The van der Waals surface area contributed by atoms with Crippen LogP contribution in [0.5, 0.6) is 0 Å². The fourth-order valence-corrected chi connectivity index (χ4v) is 1.99. The van der Waals surface area contributed by atoms with Crippen molar-refractivity contribution in [2.24, 2.45) is 0 Å². The number of pyridine rings is 1. The van der Waals surface area contributed by atoms with Gasteiger partial charge in [-0.2, -0.15) is 0 Å². The van der Waals surface area contributed by atoms with Gasteiger partial charge in [0.2, 0.25) is 0 Å². The lowest BCUT2D eigenvalue weighted by Crippen LogP contribution is -2.35. The van der Waals surface area contributed by atoms with Gasteiger partial charge in [-0.3, -0.25) is 4.98 Å². The van der Waals surface area contributed by atoms with Gasteiger partial charge in [-0.05, 0) is 38.4 Å². The van der Waals surface area contributed by atoms with Crippen LogP contribution in [0.25, 0.3) is 0 Å². The van der Waals surface area contributed by atoms with Gasteiger partial charge in [-0.15, -0.1) is 0 Å². The molecule has 2 atom stereocenters. The molecule has 0 unspecified atom stereocenters. The molecule has 2 rings (SSSR count). The highest BCUT2D eigenvalue weighted by Gasteiger charge is 2.15. The minimum Gasteiger partial charge on any atom is -0.313 e. The second-order valence-electron chi connectivity index (χ2n) is 4.18. The number of aromatic nitrogens is 1. The predicted molar refractivity (Wildman–Crippen MR) is 61.7 cm³/mol. The second kappa shape index (κ2) is 5.24.